The van der Waals surface area contributed by atoms with E-state index in [2.05, 4.69) is 5.32 Å². The molecule has 0 bridgehead atoms. The second-order valence-corrected chi connectivity index (χ2v) is 5.57. The smallest absolute Gasteiger partial charge is 0.265 e. The van der Waals surface area contributed by atoms with Gasteiger partial charge in [0.1, 0.15) is 5.75 Å². The highest BCUT2D eigenvalue weighted by molar-refractivity contribution is 5.94. The molecule has 5 heteroatoms. The molecule has 2 aromatic carbocycles. The van der Waals surface area contributed by atoms with Gasteiger partial charge in [-0.2, -0.15) is 0 Å². The van der Waals surface area contributed by atoms with Crippen molar-refractivity contribution in [1.29, 1.82) is 0 Å². The Morgan fingerprint density at radius 1 is 0.958 bits per heavy atom. The van der Waals surface area contributed by atoms with Gasteiger partial charge in [-0.25, -0.2) is 0 Å². The van der Waals surface area contributed by atoms with Crippen LogP contribution < -0.4 is 19.5 Å². The molecule has 2 rings (SSSR count). The van der Waals surface area contributed by atoms with Gasteiger partial charge >= 0.3 is 0 Å². The first kappa shape index (κ1) is 17.7. The summed E-state index contributed by atoms with van der Waals surface area (Å²) in [4.78, 5) is 12.3. The van der Waals surface area contributed by atoms with Crippen molar-refractivity contribution < 1.29 is 19.0 Å². The second-order valence-electron chi connectivity index (χ2n) is 5.57. The van der Waals surface area contributed by atoms with Crippen LogP contribution in [0.2, 0.25) is 0 Å². The lowest BCUT2D eigenvalue weighted by Gasteiger charge is -2.16. The molecule has 0 spiro atoms. The number of hydrogen-bond donors (Lipinski definition) is 1. The van der Waals surface area contributed by atoms with E-state index in [1.165, 1.54) is 5.56 Å². The van der Waals surface area contributed by atoms with Crippen LogP contribution >= 0.6 is 0 Å². The third-order valence-corrected chi connectivity index (χ3v) is 3.81. The molecule has 0 heterocycles. The van der Waals surface area contributed by atoms with E-state index in [0.717, 1.165) is 5.56 Å². The molecule has 24 heavy (non-hydrogen) atoms. The monoisotopic (exact) mass is 329 g/mol. The van der Waals surface area contributed by atoms with Crippen LogP contribution in [-0.2, 0) is 4.79 Å². The van der Waals surface area contributed by atoms with Crippen LogP contribution in [0.5, 0.6) is 17.2 Å². The quantitative estimate of drug-likeness (QED) is 0.877. The molecule has 5 nitrogen and oxygen atoms in total. The van der Waals surface area contributed by atoms with E-state index in [9.17, 15) is 4.79 Å². The van der Waals surface area contributed by atoms with Gasteiger partial charge in [-0.3, -0.25) is 4.79 Å². The fourth-order valence-corrected chi connectivity index (χ4v) is 2.20. The minimum atomic E-state index is -0.625. The zero-order chi connectivity index (χ0) is 17.7. The largest absolute Gasteiger partial charge is 0.493 e. The third-order valence-electron chi connectivity index (χ3n) is 3.81. The standard InChI is InChI=1S/C19H23NO4/c1-12-6-8-16(10-13(12)2)24-14(3)19(21)20-15-7-9-17(22-4)18(11-15)23-5/h6-11,14H,1-5H3,(H,20,21)/t14-/m0/s1. The van der Waals surface area contributed by atoms with Gasteiger partial charge in [0, 0.05) is 11.8 Å². The van der Waals surface area contributed by atoms with E-state index >= 15 is 0 Å². The first-order chi connectivity index (χ1) is 11.4. The van der Waals surface area contributed by atoms with Crippen LogP contribution in [0, 0.1) is 13.8 Å². The van der Waals surface area contributed by atoms with Gasteiger partial charge < -0.3 is 19.5 Å². The predicted octanol–water partition coefficient (Wildman–Crippen LogP) is 3.73. The molecule has 1 amide bonds. The zero-order valence-corrected chi connectivity index (χ0v) is 14.7. The van der Waals surface area contributed by atoms with Crippen LogP contribution in [0.15, 0.2) is 36.4 Å². The minimum absolute atomic E-state index is 0.236. The summed E-state index contributed by atoms with van der Waals surface area (Å²) in [5.74, 6) is 1.60. The van der Waals surface area contributed by atoms with Gasteiger partial charge in [0.2, 0.25) is 0 Å². The first-order valence-corrected chi connectivity index (χ1v) is 7.71. The molecule has 0 radical (unpaired) electrons. The molecule has 0 aliphatic heterocycles. The number of anilines is 1. The molecular weight excluding hydrogens is 306 g/mol. The van der Waals surface area contributed by atoms with E-state index in [1.807, 2.05) is 32.0 Å². The number of carbonyl (C=O) groups excluding carboxylic acids is 1. The number of amides is 1. The van der Waals surface area contributed by atoms with Crippen molar-refractivity contribution in [2.24, 2.45) is 0 Å². The fraction of sp³-hybridized carbons (Fsp3) is 0.316. The van der Waals surface area contributed by atoms with E-state index in [1.54, 1.807) is 39.3 Å². The first-order valence-electron chi connectivity index (χ1n) is 7.71. The van der Waals surface area contributed by atoms with Crippen molar-refractivity contribution >= 4 is 11.6 Å². The Kier molecular flexibility index (Phi) is 5.68. The lowest BCUT2D eigenvalue weighted by molar-refractivity contribution is -0.122. The molecule has 0 unspecified atom stereocenters. The highest BCUT2D eigenvalue weighted by Gasteiger charge is 2.16. The van der Waals surface area contributed by atoms with Crippen LogP contribution in [0.25, 0.3) is 0 Å². The SMILES string of the molecule is COc1ccc(NC(=O)[C@H](C)Oc2ccc(C)c(C)c2)cc1OC. The van der Waals surface area contributed by atoms with E-state index in [-0.39, 0.29) is 5.91 Å². The van der Waals surface area contributed by atoms with Gasteiger partial charge in [0.05, 0.1) is 14.2 Å². The summed E-state index contributed by atoms with van der Waals surface area (Å²) in [6.45, 7) is 5.76. The number of hydrogen-bond acceptors (Lipinski definition) is 4. The number of aryl methyl sites for hydroxylation is 2. The molecule has 0 aliphatic carbocycles. The fourth-order valence-electron chi connectivity index (χ4n) is 2.20. The summed E-state index contributed by atoms with van der Waals surface area (Å²) in [5.41, 5.74) is 2.93. The molecule has 0 fully saturated rings. The summed E-state index contributed by atoms with van der Waals surface area (Å²) in [6.07, 6.45) is -0.625. The van der Waals surface area contributed by atoms with Gasteiger partial charge in [-0.05, 0) is 56.2 Å². The van der Waals surface area contributed by atoms with Crippen molar-refractivity contribution in [3.05, 3.63) is 47.5 Å². The van der Waals surface area contributed by atoms with Crippen molar-refractivity contribution in [1.82, 2.24) is 0 Å². The number of rotatable bonds is 6. The lowest BCUT2D eigenvalue weighted by Crippen LogP contribution is -2.30. The van der Waals surface area contributed by atoms with E-state index in [0.29, 0.717) is 22.9 Å². The average Bonchev–Trinajstić information content (AvgIpc) is 2.57. The summed E-state index contributed by atoms with van der Waals surface area (Å²) in [7, 11) is 3.12. The van der Waals surface area contributed by atoms with Gasteiger partial charge in [-0.1, -0.05) is 6.07 Å². The van der Waals surface area contributed by atoms with Gasteiger partial charge in [-0.15, -0.1) is 0 Å². The predicted molar refractivity (Wildman–Crippen MR) is 94.2 cm³/mol. The van der Waals surface area contributed by atoms with Crippen LogP contribution in [0.4, 0.5) is 5.69 Å². The molecule has 0 aromatic heterocycles. The summed E-state index contributed by atoms with van der Waals surface area (Å²) >= 11 is 0. The minimum Gasteiger partial charge on any atom is -0.493 e. The normalized spacial score (nSPS) is 11.5. The van der Waals surface area contributed by atoms with Crippen LogP contribution in [-0.4, -0.2) is 26.2 Å². The molecule has 128 valence electrons. The molecular formula is C19H23NO4. The number of nitrogens with one attached hydrogen (secondary N) is 1. The molecule has 0 saturated heterocycles. The number of ether oxygens (including phenoxy) is 3. The zero-order valence-electron chi connectivity index (χ0n) is 14.7. The highest BCUT2D eigenvalue weighted by Crippen LogP contribution is 2.29. The molecule has 1 N–H and O–H groups in total. The van der Waals surface area contributed by atoms with Crippen molar-refractivity contribution in [3.8, 4) is 17.2 Å². The van der Waals surface area contributed by atoms with Gasteiger partial charge in [0.15, 0.2) is 17.6 Å². The van der Waals surface area contributed by atoms with E-state index < -0.39 is 6.10 Å². The highest BCUT2D eigenvalue weighted by atomic mass is 16.5. The van der Waals surface area contributed by atoms with Crippen molar-refractivity contribution in [2.45, 2.75) is 26.9 Å². The average molecular weight is 329 g/mol. The maximum absolute atomic E-state index is 12.3. The maximum atomic E-state index is 12.3. The molecule has 0 aliphatic rings. The number of benzene rings is 2. The third kappa shape index (κ3) is 4.19. The topological polar surface area (TPSA) is 56.8 Å². The second kappa shape index (κ2) is 7.73. The van der Waals surface area contributed by atoms with Gasteiger partial charge in [0.25, 0.3) is 5.91 Å². The summed E-state index contributed by atoms with van der Waals surface area (Å²) < 4.78 is 16.1. The van der Waals surface area contributed by atoms with Crippen LogP contribution in [0.1, 0.15) is 18.1 Å². The maximum Gasteiger partial charge on any atom is 0.265 e. The Hall–Kier alpha value is -2.69. The van der Waals surface area contributed by atoms with Crippen molar-refractivity contribution in [2.75, 3.05) is 19.5 Å². The summed E-state index contributed by atoms with van der Waals surface area (Å²) in [5, 5.41) is 2.81. The lowest BCUT2D eigenvalue weighted by atomic mass is 10.1. The number of carbonyl (C=O) groups is 1. The Morgan fingerprint density at radius 2 is 1.67 bits per heavy atom. The van der Waals surface area contributed by atoms with Crippen molar-refractivity contribution in [3.63, 3.8) is 0 Å². The summed E-state index contributed by atoms with van der Waals surface area (Å²) in [6, 6.07) is 11.0. The molecule has 0 saturated carbocycles. The Morgan fingerprint density at radius 3 is 2.29 bits per heavy atom. The number of methoxy groups -OCH3 is 2. The molecule has 2 aromatic rings. The Balaban J connectivity index is 2.04. The molecule has 1 atom stereocenters. The Bertz CT molecular complexity index is 727. The van der Waals surface area contributed by atoms with Crippen LogP contribution in [0.3, 0.4) is 0 Å². The Labute approximate surface area is 142 Å². The van der Waals surface area contributed by atoms with E-state index in [4.69, 9.17) is 14.2 Å².